The summed E-state index contributed by atoms with van der Waals surface area (Å²) in [4.78, 5) is 27.8. The Kier molecular flexibility index (Phi) is 4.67. The number of aromatic amines is 1. The zero-order valence-electron chi connectivity index (χ0n) is 15.2. The molecule has 0 bridgehead atoms. The van der Waals surface area contributed by atoms with E-state index >= 15 is 0 Å². The van der Waals surface area contributed by atoms with E-state index in [1.54, 1.807) is 37.8 Å². The van der Waals surface area contributed by atoms with Crippen molar-refractivity contribution >= 4 is 34.4 Å². The Labute approximate surface area is 165 Å². The van der Waals surface area contributed by atoms with Crippen molar-refractivity contribution in [2.75, 3.05) is 12.4 Å². The molecule has 0 atom stereocenters. The number of ether oxygens (including phenoxy) is 1. The first-order valence-electron chi connectivity index (χ1n) is 8.47. The van der Waals surface area contributed by atoms with Gasteiger partial charge in [-0.25, -0.2) is 9.97 Å². The topological polar surface area (TPSA) is 92.8 Å². The molecule has 4 heterocycles. The van der Waals surface area contributed by atoms with Gasteiger partial charge in [-0.05, 0) is 24.3 Å². The molecule has 0 saturated carbocycles. The van der Waals surface area contributed by atoms with E-state index in [1.165, 1.54) is 6.92 Å². The van der Waals surface area contributed by atoms with E-state index in [1.807, 2.05) is 18.2 Å². The Morgan fingerprint density at radius 1 is 1.11 bits per heavy atom. The molecule has 0 aliphatic rings. The van der Waals surface area contributed by atoms with Gasteiger partial charge in [0, 0.05) is 48.3 Å². The predicted molar refractivity (Wildman–Crippen MR) is 108 cm³/mol. The lowest BCUT2D eigenvalue weighted by Crippen LogP contribution is -2.07. The van der Waals surface area contributed by atoms with Crippen molar-refractivity contribution in [3.8, 4) is 28.3 Å². The Morgan fingerprint density at radius 2 is 1.96 bits per heavy atom. The van der Waals surface area contributed by atoms with Crippen molar-refractivity contribution in [3.63, 3.8) is 0 Å². The molecule has 0 aliphatic heterocycles. The predicted octanol–water partition coefficient (Wildman–Crippen LogP) is 4.31. The molecule has 140 valence electrons. The molecule has 28 heavy (non-hydrogen) atoms. The number of anilines is 1. The highest BCUT2D eigenvalue weighted by Crippen LogP contribution is 2.38. The number of H-pyrrole nitrogens is 1. The average molecular weight is 394 g/mol. The number of aromatic nitrogens is 4. The molecule has 0 aliphatic carbocycles. The second kappa shape index (κ2) is 7.28. The van der Waals surface area contributed by atoms with Crippen molar-refractivity contribution in [2.24, 2.45) is 0 Å². The molecule has 0 unspecified atom stereocenters. The summed E-state index contributed by atoms with van der Waals surface area (Å²) in [5.74, 6) is 0.806. The lowest BCUT2D eigenvalue weighted by Gasteiger charge is -2.08. The fraction of sp³-hybridized carbons (Fsp3) is 0.100. The summed E-state index contributed by atoms with van der Waals surface area (Å²) >= 11 is 6.13. The second-order valence-electron chi connectivity index (χ2n) is 6.12. The van der Waals surface area contributed by atoms with Gasteiger partial charge in [0.15, 0.2) is 0 Å². The Hall–Kier alpha value is -3.45. The highest BCUT2D eigenvalue weighted by atomic mass is 35.5. The van der Waals surface area contributed by atoms with Crippen LogP contribution in [0.1, 0.15) is 6.92 Å². The van der Waals surface area contributed by atoms with E-state index < -0.39 is 0 Å². The van der Waals surface area contributed by atoms with Gasteiger partial charge in [-0.15, -0.1) is 0 Å². The van der Waals surface area contributed by atoms with Crippen LogP contribution in [0.2, 0.25) is 5.02 Å². The smallest absolute Gasteiger partial charge is 0.222 e. The van der Waals surface area contributed by atoms with Crippen LogP contribution in [0.15, 0.2) is 48.9 Å². The van der Waals surface area contributed by atoms with Gasteiger partial charge in [0.25, 0.3) is 0 Å². The summed E-state index contributed by atoms with van der Waals surface area (Å²) in [6, 6.07) is 9.20. The molecular weight excluding hydrogens is 378 g/mol. The highest BCUT2D eigenvalue weighted by molar-refractivity contribution is 6.31. The fourth-order valence-electron chi connectivity index (χ4n) is 3.03. The number of carbonyl (C=O) groups excluding carboxylic acids is 1. The minimum atomic E-state index is -0.186. The maximum Gasteiger partial charge on any atom is 0.222 e. The number of pyridine rings is 3. The van der Waals surface area contributed by atoms with Gasteiger partial charge >= 0.3 is 0 Å². The Bertz CT molecular complexity index is 1170. The van der Waals surface area contributed by atoms with Crippen molar-refractivity contribution < 1.29 is 9.53 Å². The van der Waals surface area contributed by atoms with E-state index in [4.69, 9.17) is 16.3 Å². The molecule has 0 fully saturated rings. The summed E-state index contributed by atoms with van der Waals surface area (Å²) < 4.78 is 5.16. The van der Waals surface area contributed by atoms with E-state index in [9.17, 15) is 4.79 Å². The van der Waals surface area contributed by atoms with Crippen LogP contribution in [0.4, 0.5) is 5.82 Å². The maximum atomic E-state index is 11.4. The summed E-state index contributed by atoms with van der Waals surface area (Å²) in [5, 5.41) is 3.24. The third-order valence-corrected chi connectivity index (χ3v) is 4.39. The zero-order chi connectivity index (χ0) is 19.7. The van der Waals surface area contributed by atoms with Crippen molar-refractivity contribution in [1.29, 1.82) is 0 Å². The van der Waals surface area contributed by atoms with Crippen LogP contribution in [-0.4, -0.2) is 33.0 Å². The monoisotopic (exact) mass is 393 g/mol. The lowest BCUT2D eigenvalue weighted by atomic mass is 10.0. The molecule has 0 radical (unpaired) electrons. The van der Waals surface area contributed by atoms with Crippen molar-refractivity contribution in [2.45, 2.75) is 6.92 Å². The summed E-state index contributed by atoms with van der Waals surface area (Å²) in [6.45, 7) is 1.44. The third-order valence-electron chi connectivity index (χ3n) is 4.19. The number of nitrogens with one attached hydrogen (secondary N) is 2. The second-order valence-corrected chi connectivity index (χ2v) is 6.56. The largest absolute Gasteiger partial charge is 0.481 e. The van der Waals surface area contributed by atoms with Crippen LogP contribution in [-0.2, 0) is 4.79 Å². The number of methoxy groups -OCH3 is 1. The van der Waals surface area contributed by atoms with Crippen molar-refractivity contribution in [1.82, 2.24) is 19.9 Å². The number of fused-ring (bicyclic) bond motifs is 1. The molecule has 0 aromatic carbocycles. The highest BCUT2D eigenvalue weighted by Gasteiger charge is 2.18. The van der Waals surface area contributed by atoms with Crippen LogP contribution in [0, 0.1) is 0 Å². The van der Waals surface area contributed by atoms with E-state index in [0.717, 1.165) is 33.4 Å². The van der Waals surface area contributed by atoms with Gasteiger partial charge in [-0.3, -0.25) is 9.78 Å². The van der Waals surface area contributed by atoms with Gasteiger partial charge in [-0.1, -0.05) is 11.6 Å². The number of rotatable bonds is 4. The normalized spacial score (nSPS) is 10.8. The minimum Gasteiger partial charge on any atom is -0.481 e. The van der Waals surface area contributed by atoms with Crippen LogP contribution in [0.3, 0.4) is 0 Å². The zero-order valence-corrected chi connectivity index (χ0v) is 15.9. The molecular formula is C20H16ClN5O2. The van der Waals surface area contributed by atoms with Gasteiger partial charge in [-0.2, -0.15) is 0 Å². The summed E-state index contributed by atoms with van der Waals surface area (Å²) in [6.07, 6.45) is 4.98. The molecule has 4 aromatic heterocycles. The Morgan fingerprint density at radius 3 is 2.68 bits per heavy atom. The number of carbonyl (C=O) groups is 1. The molecule has 2 N–H and O–H groups in total. The molecule has 0 spiro atoms. The van der Waals surface area contributed by atoms with Gasteiger partial charge in [0.1, 0.15) is 5.82 Å². The quantitative estimate of drug-likeness (QED) is 0.539. The van der Waals surface area contributed by atoms with Gasteiger partial charge < -0.3 is 15.0 Å². The third kappa shape index (κ3) is 3.39. The molecule has 0 saturated heterocycles. The number of hydrogen-bond acceptors (Lipinski definition) is 5. The molecule has 4 aromatic rings. The molecule has 8 heteroatoms. The van der Waals surface area contributed by atoms with Crippen LogP contribution < -0.4 is 10.1 Å². The van der Waals surface area contributed by atoms with Gasteiger partial charge in [0.2, 0.25) is 11.8 Å². The average Bonchev–Trinajstić information content (AvgIpc) is 3.06. The molecule has 7 nitrogen and oxygen atoms in total. The van der Waals surface area contributed by atoms with Crippen LogP contribution in [0.25, 0.3) is 33.4 Å². The van der Waals surface area contributed by atoms with E-state index in [2.05, 4.69) is 25.3 Å². The number of hydrogen-bond donors (Lipinski definition) is 2. The van der Waals surface area contributed by atoms with Crippen molar-refractivity contribution in [3.05, 3.63) is 53.9 Å². The molecule has 4 rings (SSSR count). The SMILES string of the molecule is COc1ccc(-c2c(-c3ccnc(NC(C)=O)c3)[nH]c3cc(Cl)cnc23)cn1. The number of halogens is 1. The maximum absolute atomic E-state index is 11.4. The summed E-state index contributed by atoms with van der Waals surface area (Å²) in [7, 11) is 1.57. The van der Waals surface area contributed by atoms with Crippen LogP contribution >= 0.6 is 11.6 Å². The first-order valence-corrected chi connectivity index (χ1v) is 8.84. The number of amides is 1. The first kappa shape index (κ1) is 17.9. The van der Waals surface area contributed by atoms with Gasteiger partial charge in [0.05, 0.1) is 28.9 Å². The first-order chi connectivity index (χ1) is 13.5. The van der Waals surface area contributed by atoms with E-state index in [-0.39, 0.29) is 5.91 Å². The standard InChI is InChI=1S/C20H16ClN5O2/c1-11(27)25-16-7-12(5-6-22-16)19-18(13-3-4-17(28-2)23-9-13)20-15(26-19)8-14(21)10-24-20/h3-10,26H,1-2H3,(H,22,25,27). The molecule has 1 amide bonds. The fourth-order valence-corrected chi connectivity index (χ4v) is 3.19. The minimum absolute atomic E-state index is 0.186. The number of nitrogens with zero attached hydrogens (tertiary/aromatic N) is 3. The van der Waals surface area contributed by atoms with Crippen LogP contribution in [0.5, 0.6) is 5.88 Å². The lowest BCUT2D eigenvalue weighted by molar-refractivity contribution is -0.114. The summed E-state index contributed by atoms with van der Waals surface area (Å²) in [5.41, 5.74) is 4.98. The Balaban J connectivity index is 1.93. The van der Waals surface area contributed by atoms with E-state index in [0.29, 0.717) is 16.7 Å².